The van der Waals surface area contributed by atoms with Gasteiger partial charge in [-0.15, -0.1) is 0 Å². The van der Waals surface area contributed by atoms with E-state index in [0.717, 1.165) is 25.0 Å². The Morgan fingerprint density at radius 2 is 2.40 bits per heavy atom. The topological polar surface area (TPSA) is 20.3 Å². The maximum atomic E-state index is 11.1. The molecule has 1 heterocycles. The Labute approximate surface area is 65.5 Å². The van der Waals surface area contributed by atoms with Crippen molar-refractivity contribution >= 4 is 17.5 Å². The molecule has 1 aliphatic rings. The van der Waals surface area contributed by atoms with Crippen molar-refractivity contribution < 1.29 is 4.79 Å². The minimum Gasteiger partial charge on any atom is -0.342 e. The Morgan fingerprint density at radius 1 is 1.70 bits per heavy atom. The van der Waals surface area contributed by atoms with Crippen molar-refractivity contribution in [2.45, 2.75) is 12.8 Å². The smallest absolute Gasteiger partial charge is 0.250 e. The molecule has 1 fully saturated rings. The second kappa shape index (κ2) is 3.06. The summed E-state index contributed by atoms with van der Waals surface area (Å²) in [5.41, 5.74) is 2.12. The lowest BCUT2D eigenvalue weighted by Gasteiger charge is -2.23. The molecular formula is C7H10ClNO. The van der Waals surface area contributed by atoms with Crippen LogP contribution in [0.2, 0.25) is 0 Å². The van der Waals surface area contributed by atoms with E-state index in [1.165, 1.54) is 5.54 Å². The molecule has 1 amide bonds. The molecule has 1 saturated heterocycles. The standard InChI is InChI=1S/C7H10ClNO/c1-9-4-2-3-6(5-8)7(9)10/h5H,2-4H2,1H3. The van der Waals surface area contributed by atoms with Gasteiger partial charge in [0.05, 0.1) is 0 Å². The number of carbonyl (C=O) groups excluding carboxylic acids is 1. The van der Waals surface area contributed by atoms with E-state index in [1.807, 2.05) is 0 Å². The van der Waals surface area contributed by atoms with Crippen LogP contribution < -0.4 is 0 Å². The summed E-state index contributed by atoms with van der Waals surface area (Å²) in [7, 11) is 1.79. The summed E-state index contributed by atoms with van der Waals surface area (Å²) >= 11 is 5.43. The number of amides is 1. The maximum Gasteiger partial charge on any atom is 0.250 e. The van der Waals surface area contributed by atoms with E-state index >= 15 is 0 Å². The molecule has 0 saturated carbocycles. The lowest BCUT2D eigenvalue weighted by molar-refractivity contribution is -0.127. The van der Waals surface area contributed by atoms with Gasteiger partial charge in [-0.05, 0) is 12.8 Å². The van der Waals surface area contributed by atoms with E-state index in [9.17, 15) is 4.79 Å². The molecule has 1 rings (SSSR count). The van der Waals surface area contributed by atoms with Gasteiger partial charge in [-0.25, -0.2) is 0 Å². The van der Waals surface area contributed by atoms with Crippen LogP contribution in [0.1, 0.15) is 12.8 Å². The summed E-state index contributed by atoms with van der Waals surface area (Å²) in [6.07, 6.45) is 1.85. The third-order valence-electron chi connectivity index (χ3n) is 1.69. The van der Waals surface area contributed by atoms with Crippen molar-refractivity contribution in [3.63, 3.8) is 0 Å². The monoisotopic (exact) mass is 159 g/mol. The predicted molar refractivity (Wildman–Crippen MR) is 40.8 cm³/mol. The Morgan fingerprint density at radius 3 is 2.90 bits per heavy atom. The van der Waals surface area contributed by atoms with Crippen LogP contribution in [0, 0.1) is 0 Å². The largest absolute Gasteiger partial charge is 0.342 e. The molecule has 10 heavy (non-hydrogen) atoms. The molecule has 0 aromatic rings. The van der Waals surface area contributed by atoms with Crippen LogP contribution in [0.3, 0.4) is 0 Å². The van der Waals surface area contributed by atoms with Crippen LogP contribution >= 0.6 is 11.6 Å². The molecule has 0 aromatic carbocycles. The quantitative estimate of drug-likeness (QED) is 0.489. The van der Waals surface area contributed by atoms with E-state index in [-0.39, 0.29) is 5.91 Å². The number of piperidine rings is 1. The summed E-state index contributed by atoms with van der Waals surface area (Å²) < 4.78 is 0. The molecule has 0 aromatic heterocycles. The molecule has 0 spiro atoms. The van der Waals surface area contributed by atoms with Crippen LogP contribution in [-0.2, 0) is 4.79 Å². The van der Waals surface area contributed by atoms with Crippen molar-refractivity contribution in [1.82, 2.24) is 4.90 Å². The number of hydrogen-bond acceptors (Lipinski definition) is 1. The molecule has 0 aliphatic carbocycles. The highest BCUT2D eigenvalue weighted by Gasteiger charge is 2.18. The second-order valence-corrected chi connectivity index (χ2v) is 2.68. The van der Waals surface area contributed by atoms with Gasteiger partial charge >= 0.3 is 0 Å². The molecule has 0 bridgehead atoms. The van der Waals surface area contributed by atoms with Gasteiger partial charge in [-0.3, -0.25) is 4.79 Å². The fourth-order valence-corrected chi connectivity index (χ4v) is 1.26. The zero-order valence-corrected chi connectivity index (χ0v) is 6.69. The van der Waals surface area contributed by atoms with Crippen molar-refractivity contribution in [3.8, 4) is 0 Å². The van der Waals surface area contributed by atoms with E-state index in [4.69, 9.17) is 11.6 Å². The third kappa shape index (κ3) is 1.32. The highest BCUT2D eigenvalue weighted by Crippen LogP contribution is 2.15. The summed E-state index contributed by atoms with van der Waals surface area (Å²) in [6, 6.07) is 0. The van der Waals surface area contributed by atoms with Gasteiger partial charge in [-0.2, -0.15) is 0 Å². The number of hydrogen-bond donors (Lipinski definition) is 0. The van der Waals surface area contributed by atoms with Gasteiger partial charge in [0.15, 0.2) is 0 Å². The first kappa shape index (κ1) is 7.61. The molecule has 0 N–H and O–H groups in total. The van der Waals surface area contributed by atoms with Gasteiger partial charge < -0.3 is 4.90 Å². The Hall–Kier alpha value is -0.500. The summed E-state index contributed by atoms with van der Waals surface area (Å²) in [5.74, 6) is 0.0706. The Balaban J connectivity index is 2.69. The van der Waals surface area contributed by atoms with Gasteiger partial charge in [0.25, 0.3) is 0 Å². The normalized spacial score (nSPS) is 24.0. The van der Waals surface area contributed by atoms with Crippen molar-refractivity contribution in [2.75, 3.05) is 13.6 Å². The van der Waals surface area contributed by atoms with Crippen molar-refractivity contribution in [1.29, 1.82) is 0 Å². The van der Waals surface area contributed by atoms with Crippen LogP contribution in [-0.4, -0.2) is 24.4 Å². The first-order valence-electron chi connectivity index (χ1n) is 3.30. The number of nitrogens with zero attached hydrogens (tertiary/aromatic N) is 1. The Bertz CT molecular complexity index is 176. The minimum absolute atomic E-state index is 0.0706. The van der Waals surface area contributed by atoms with E-state index in [2.05, 4.69) is 0 Å². The SMILES string of the molecule is CN1CCCC(=CCl)C1=O. The second-order valence-electron chi connectivity index (χ2n) is 2.46. The molecule has 2 nitrogen and oxygen atoms in total. The van der Waals surface area contributed by atoms with E-state index < -0.39 is 0 Å². The van der Waals surface area contributed by atoms with Crippen LogP contribution in [0.4, 0.5) is 0 Å². The molecular weight excluding hydrogens is 150 g/mol. The highest BCUT2D eigenvalue weighted by atomic mass is 35.5. The molecule has 1 aliphatic heterocycles. The lowest BCUT2D eigenvalue weighted by Crippen LogP contribution is -2.33. The molecule has 56 valence electrons. The summed E-state index contributed by atoms with van der Waals surface area (Å²) in [4.78, 5) is 12.8. The zero-order chi connectivity index (χ0) is 7.56. The van der Waals surface area contributed by atoms with E-state index in [1.54, 1.807) is 11.9 Å². The van der Waals surface area contributed by atoms with Gasteiger partial charge in [0, 0.05) is 24.7 Å². The van der Waals surface area contributed by atoms with Crippen LogP contribution in [0.25, 0.3) is 0 Å². The number of rotatable bonds is 0. The summed E-state index contributed by atoms with van der Waals surface area (Å²) in [5, 5.41) is 0. The molecule has 0 atom stereocenters. The highest BCUT2D eigenvalue weighted by molar-refractivity contribution is 6.27. The zero-order valence-electron chi connectivity index (χ0n) is 5.93. The first-order valence-corrected chi connectivity index (χ1v) is 3.74. The summed E-state index contributed by atoms with van der Waals surface area (Å²) in [6.45, 7) is 0.854. The number of likely N-dealkylation sites (N-methyl/N-ethyl adjacent to an activating group) is 1. The predicted octanol–water partition coefficient (Wildman–Crippen LogP) is 1.36. The average molecular weight is 160 g/mol. The minimum atomic E-state index is 0.0706. The Kier molecular flexibility index (Phi) is 2.33. The maximum absolute atomic E-state index is 11.1. The van der Waals surface area contributed by atoms with Crippen LogP contribution in [0.5, 0.6) is 0 Å². The van der Waals surface area contributed by atoms with Crippen molar-refractivity contribution in [3.05, 3.63) is 11.1 Å². The fourth-order valence-electron chi connectivity index (χ4n) is 1.06. The third-order valence-corrected chi connectivity index (χ3v) is 1.96. The van der Waals surface area contributed by atoms with Crippen LogP contribution in [0.15, 0.2) is 11.1 Å². The van der Waals surface area contributed by atoms with Gasteiger partial charge in [0.2, 0.25) is 5.91 Å². The average Bonchev–Trinajstić information content (AvgIpc) is 1.95. The van der Waals surface area contributed by atoms with Crippen molar-refractivity contribution in [2.24, 2.45) is 0 Å². The lowest BCUT2D eigenvalue weighted by atomic mass is 10.1. The molecule has 0 unspecified atom stereocenters. The number of halogens is 1. The van der Waals surface area contributed by atoms with Gasteiger partial charge in [0.1, 0.15) is 0 Å². The fraction of sp³-hybridized carbons (Fsp3) is 0.571. The first-order chi connectivity index (χ1) is 4.75. The number of likely N-dealkylation sites (tertiary alicyclic amines) is 1. The van der Waals surface area contributed by atoms with Gasteiger partial charge in [-0.1, -0.05) is 11.6 Å². The number of carbonyl (C=O) groups is 1. The van der Waals surface area contributed by atoms with E-state index in [0.29, 0.717) is 0 Å². The molecule has 3 heteroatoms. The molecule has 0 radical (unpaired) electrons.